The van der Waals surface area contributed by atoms with Crippen molar-refractivity contribution in [2.45, 2.75) is 38.9 Å². The summed E-state index contributed by atoms with van der Waals surface area (Å²) >= 11 is 1.62. The van der Waals surface area contributed by atoms with Crippen molar-refractivity contribution in [3.8, 4) is 0 Å². The van der Waals surface area contributed by atoms with Gasteiger partial charge in [-0.1, -0.05) is 12.1 Å². The van der Waals surface area contributed by atoms with Gasteiger partial charge in [0.1, 0.15) is 18.2 Å². The van der Waals surface area contributed by atoms with E-state index in [1.54, 1.807) is 33.3 Å². The van der Waals surface area contributed by atoms with E-state index in [-0.39, 0.29) is 30.2 Å². The molecule has 0 N–H and O–H groups in total. The minimum atomic E-state index is -0.410. The molecule has 3 aromatic rings. The quantitative estimate of drug-likeness (QED) is 0.471. The van der Waals surface area contributed by atoms with Gasteiger partial charge in [0.2, 0.25) is 5.91 Å². The first-order chi connectivity index (χ1) is 15.4. The first-order valence-corrected chi connectivity index (χ1v) is 11.3. The van der Waals surface area contributed by atoms with E-state index in [1.165, 1.54) is 36.4 Å². The molecule has 0 saturated heterocycles. The minimum Gasteiger partial charge on any atom is -0.332 e. The highest BCUT2D eigenvalue weighted by Crippen LogP contribution is 2.29. The Balaban J connectivity index is 1.53. The second kappa shape index (κ2) is 9.61. The number of amides is 2. The first-order valence-electron chi connectivity index (χ1n) is 10.5. The lowest BCUT2D eigenvalue weighted by molar-refractivity contribution is -0.133. The van der Waals surface area contributed by atoms with Crippen LogP contribution in [-0.2, 0) is 17.9 Å². The molecule has 4 nitrogen and oxygen atoms in total. The number of halogens is 2. The van der Waals surface area contributed by atoms with Gasteiger partial charge in [0.05, 0.1) is 6.54 Å². The fourth-order valence-electron chi connectivity index (χ4n) is 3.56. The number of hydrogen-bond acceptors (Lipinski definition) is 3. The van der Waals surface area contributed by atoms with Gasteiger partial charge in [0, 0.05) is 27.9 Å². The van der Waals surface area contributed by atoms with Gasteiger partial charge in [-0.25, -0.2) is 8.78 Å². The van der Waals surface area contributed by atoms with E-state index in [0.29, 0.717) is 18.7 Å². The standard InChI is InChI=1S/C25H24F2N2O2S/c1-17-2-13-23(32-17)15-28(14-18-3-7-20(26)8-4-18)24(30)16-29(22-11-12-22)25(31)19-5-9-21(27)10-6-19/h2-10,13,22H,11-12,14-16H2,1H3. The maximum atomic E-state index is 13.4. The molecule has 4 rings (SSSR count). The molecule has 1 saturated carbocycles. The summed E-state index contributed by atoms with van der Waals surface area (Å²) in [5.74, 6) is -1.19. The lowest BCUT2D eigenvalue weighted by Gasteiger charge is -2.28. The van der Waals surface area contributed by atoms with Crippen molar-refractivity contribution in [3.05, 3.63) is 93.2 Å². The summed E-state index contributed by atoms with van der Waals surface area (Å²) in [6.45, 7) is 2.69. The number of carbonyl (C=O) groups is 2. The minimum absolute atomic E-state index is 0.0214. The summed E-state index contributed by atoms with van der Waals surface area (Å²) < 4.78 is 26.6. The second-order valence-electron chi connectivity index (χ2n) is 8.06. The molecule has 1 aromatic heterocycles. The van der Waals surface area contributed by atoms with Crippen LogP contribution in [0.25, 0.3) is 0 Å². The van der Waals surface area contributed by atoms with E-state index >= 15 is 0 Å². The van der Waals surface area contributed by atoms with Crippen molar-refractivity contribution in [1.82, 2.24) is 9.80 Å². The van der Waals surface area contributed by atoms with Gasteiger partial charge >= 0.3 is 0 Å². The van der Waals surface area contributed by atoms with Crippen molar-refractivity contribution in [2.75, 3.05) is 6.54 Å². The van der Waals surface area contributed by atoms with Gasteiger partial charge in [-0.3, -0.25) is 9.59 Å². The molecule has 2 amide bonds. The molecule has 0 spiro atoms. The van der Waals surface area contributed by atoms with E-state index in [4.69, 9.17) is 0 Å². The van der Waals surface area contributed by atoms with Crippen molar-refractivity contribution in [3.63, 3.8) is 0 Å². The molecule has 32 heavy (non-hydrogen) atoms. The molecule has 0 atom stereocenters. The maximum Gasteiger partial charge on any atom is 0.254 e. The van der Waals surface area contributed by atoms with Crippen molar-refractivity contribution in [1.29, 1.82) is 0 Å². The van der Waals surface area contributed by atoms with Gasteiger partial charge < -0.3 is 9.80 Å². The van der Waals surface area contributed by atoms with E-state index in [1.807, 2.05) is 19.1 Å². The van der Waals surface area contributed by atoms with E-state index in [2.05, 4.69) is 0 Å². The highest BCUT2D eigenvalue weighted by molar-refractivity contribution is 7.11. The molecule has 1 aliphatic carbocycles. The van der Waals surface area contributed by atoms with Crippen LogP contribution < -0.4 is 0 Å². The second-order valence-corrected chi connectivity index (χ2v) is 9.43. The Morgan fingerprint density at radius 3 is 2.09 bits per heavy atom. The summed E-state index contributed by atoms with van der Waals surface area (Å²) in [7, 11) is 0. The zero-order valence-corrected chi connectivity index (χ0v) is 18.6. The Labute approximate surface area is 190 Å². The Kier molecular flexibility index (Phi) is 6.65. The van der Waals surface area contributed by atoms with Gasteiger partial charge in [0.25, 0.3) is 5.91 Å². The topological polar surface area (TPSA) is 40.6 Å². The highest BCUT2D eigenvalue weighted by Gasteiger charge is 2.35. The number of carbonyl (C=O) groups excluding carboxylic acids is 2. The Morgan fingerprint density at radius 1 is 0.906 bits per heavy atom. The van der Waals surface area contributed by atoms with Crippen LogP contribution in [0.1, 0.15) is 38.5 Å². The summed E-state index contributed by atoms with van der Waals surface area (Å²) in [4.78, 5) is 31.9. The molecule has 1 heterocycles. The monoisotopic (exact) mass is 454 g/mol. The van der Waals surface area contributed by atoms with Crippen LogP contribution in [0.15, 0.2) is 60.7 Å². The van der Waals surface area contributed by atoms with Crippen LogP contribution in [0.5, 0.6) is 0 Å². The van der Waals surface area contributed by atoms with Crippen molar-refractivity contribution < 1.29 is 18.4 Å². The lowest BCUT2D eigenvalue weighted by Crippen LogP contribution is -2.43. The van der Waals surface area contributed by atoms with Crippen molar-refractivity contribution >= 4 is 23.2 Å². The molecule has 1 fully saturated rings. The number of nitrogens with zero attached hydrogens (tertiary/aromatic N) is 2. The van der Waals surface area contributed by atoms with E-state index in [0.717, 1.165) is 28.2 Å². The fourth-order valence-corrected chi connectivity index (χ4v) is 4.46. The summed E-state index contributed by atoms with van der Waals surface area (Å²) in [6, 6.07) is 15.5. The molecule has 0 radical (unpaired) electrons. The number of rotatable bonds is 8. The average Bonchev–Trinajstić information content (AvgIpc) is 3.54. The predicted octanol–water partition coefficient (Wildman–Crippen LogP) is 5.17. The van der Waals surface area contributed by atoms with E-state index in [9.17, 15) is 18.4 Å². The zero-order chi connectivity index (χ0) is 22.7. The Morgan fingerprint density at radius 2 is 1.53 bits per heavy atom. The molecule has 7 heteroatoms. The SMILES string of the molecule is Cc1ccc(CN(Cc2ccc(F)cc2)C(=O)CN(C(=O)c2ccc(F)cc2)C2CC2)s1. The summed E-state index contributed by atoms with van der Waals surface area (Å²) in [6.07, 6.45) is 1.70. The van der Waals surface area contributed by atoms with Gasteiger partial charge in [-0.05, 0) is 73.9 Å². The average molecular weight is 455 g/mol. The summed E-state index contributed by atoms with van der Waals surface area (Å²) in [5, 5.41) is 0. The molecule has 0 unspecified atom stereocenters. The third-order valence-electron chi connectivity index (χ3n) is 5.43. The zero-order valence-electron chi connectivity index (χ0n) is 17.8. The first kappa shape index (κ1) is 22.1. The number of benzene rings is 2. The smallest absolute Gasteiger partial charge is 0.254 e. The molecular weight excluding hydrogens is 430 g/mol. The van der Waals surface area contributed by atoms with Crippen LogP contribution in [-0.4, -0.2) is 34.2 Å². The van der Waals surface area contributed by atoms with Gasteiger partial charge in [0.15, 0.2) is 0 Å². The normalized spacial score (nSPS) is 13.1. The van der Waals surface area contributed by atoms with Crippen LogP contribution in [0, 0.1) is 18.6 Å². The molecule has 1 aliphatic rings. The molecule has 0 aliphatic heterocycles. The molecule has 2 aromatic carbocycles. The third kappa shape index (κ3) is 5.59. The van der Waals surface area contributed by atoms with Crippen molar-refractivity contribution in [2.24, 2.45) is 0 Å². The molecular formula is C25H24F2N2O2S. The van der Waals surface area contributed by atoms with Crippen LogP contribution in [0.4, 0.5) is 8.78 Å². The number of thiophene rings is 1. The number of aryl methyl sites for hydroxylation is 1. The van der Waals surface area contributed by atoms with Crippen LogP contribution >= 0.6 is 11.3 Å². The van der Waals surface area contributed by atoms with Crippen LogP contribution in [0.3, 0.4) is 0 Å². The van der Waals surface area contributed by atoms with Gasteiger partial charge in [-0.2, -0.15) is 0 Å². The van der Waals surface area contributed by atoms with E-state index < -0.39 is 5.82 Å². The maximum absolute atomic E-state index is 13.4. The Bertz CT molecular complexity index is 1090. The summed E-state index contributed by atoms with van der Waals surface area (Å²) in [5.41, 5.74) is 1.18. The van der Waals surface area contributed by atoms with Crippen LogP contribution in [0.2, 0.25) is 0 Å². The molecule has 0 bridgehead atoms. The van der Waals surface area contributed by atoms with Gasteiger partial charge in [-0.15, -0.1) is 11.3 Å². The predicted molar refractivity (Wildman–Crippen MR) is 120 cm³/mol. The fraction of sp³-hybridized carbons (Fsp3) is 0.280. The molecule has 166 valence electrons. The lowest BCUT2D eigenvalue weighted by atomic mass is 10.1. The highest BCUT2D eigenvalue weighted by atomic mass is 32.1. The Hall–Kier alpha value is -3.06. The third-order valence-corrected chi connectivity index (χ3v) is 6.41. The number of hydrogen-bond donors (Lipinski definition) is 0. The largest absolute Gasteiger partial charge is 0.332 e.